The molecule has 3 aromatic rings. The lowest BCUT2D eigenvalue weighted by Gasteiger charge is -2.02. The van der Waals surface area contributed by atoms with Gasteiger partial charge in [-0.3, -0.25) is 4.79 Å². The van der Waals surface area contributed by atoms with Crippen LogP contribution >= 0.6 is 28.7 Å². The highest BCUT2D eigenvalue weighted by atomic mass is 79.9. The average Bonchev–Trinajstić information content (AvgIpc) is 3.15. The van der Waals surface area contributed by atoms with Crippen molar-refractivity contribution in [3.8, 4) is 11.6 Å². The third kappa shape index (κ3) is 3.40. The summed E-state index contributed by atoms with van der Waals surface area (Å²) in [6.07, 6.45) is 1.54. The van der Waals surface area contributed by atoms with E-state index in [0.29, 0.717) is 22.3 Å². The van der Waals surface area contributed by atoms with Crippen LogP contribution in [0.2, 0.25) is 0 Å². The minimum Gasteiger partial charge on any atom is -0.461 e. The van der Waals surface area contributed by atoms with Crippen molar-refractivity contribution >= 4 is 34.5 Å². The molecule has 1 aromatic carbocycles. The number of rotatable bonds is 5. The zero-order valence-corrected chi connectivity index (χ0v) is 13.9. The molecule has 2 heterocycles. The first-order chi connectivity index (χ1) is 10.3. The second kappa shape index (κ2) is 7.28. The smallest absolute Gasteiger partial charge is 0.218 e. The highest BCUT2D eigenvalue weighted by Crippen LogP contribution is 2.22. The van der Waals surface area contributed by atoms with E-state index in [4.69, 9.17) is 10.3 Å². The first kappa shape index (κ1) is 16.3. The molecule has 6 nitrogen and oxygen atoms in total. The lowest BCUT2D eigenvalue weighted by Crippen LogP contribution is -2.12. The van der Waals surface area contributed by atoms with Gasteiger partial charge < -0.3 is 10.3 Å². The zero-order valence-electron chi connectivity index (χ0n) is 11.4. The first-order valence-electron chi connectivity index (χ1n) is 6.21. The molecule has 0 fully saturated rings. The number of hydrogen-bond donors (Lipinski definition) is 1. The van der Waals surface area contributed by atoms with Crippen LogP contribution in [0.3, 0.4) is 0 Å². The molecule has 0 unspecified atom stereocenters. The Kier molecular flexibility index (Phi) is 5.40. The number of hydrogen-bond acceptors (Lipinski definition) is 6. The molecule has 0 atom stereocenters. The number of thioether (sulfide) groups is 1. The highest BCUT2D eigenvalue weighted by Gasteiger charge is 2.15. The number of aromatic nitrogens is 3. The minimum absolute atomic E-state index is 0. The van der Waals surface area contributed by atoms with Crippen molar-refractivity contribution in [3.63, 3.8) is 0 Å². The Balaban J connectivity index is 0.00000176. The maximum Gasteiger partial charge on any atom is 0.218 e. The molecule has 2 N–H and O–H groups in total. The summed E-state index contributed by atoms with van der Waals surface area (Å²) in [6.45, 7) is 0. The third-order valence-corrected chi connectivity index (χ3v) is 3.78. The van der Waals surface area contributed by atoms with Crippen LogP contribution in [-0.2, 0) is 0 Å². The standard InChI is InChI=1S/C14H12N4O2S.BrH/c15-18-13(12-7-4-8-20-12)16-17-14(18)21-9-11(19)10-5-2-1-3-6-10;/h1-8H,9,15H2;1H. The van der Waals surface area contributed by atoms with Crippen LogP contribution < -0.4 is 5.84 Å². The van der Waals surface area contributed by atoms with Gasteiger partial charge in [0.25, 0.3) is 0 Å². The molecule has 22 heavy (non-hydrogen) atoms. The van der Waals surface area contributed by atoms with Crippen molar-refractivity contribution in [1.29, 1.82) is 0 Å². The second-order valence-corrected chi connectivity index (χ2v) is 5.17. The molecule has 0 amide bonds. The van der Waals surface area contributed by atoms with Crippen LogP contribution in [-0.4, -0.2) is 26.4 Å². The molecule has 8 heteroatoms. The van der Waals surface area contributed by atoms with Gasteiger partial charge >= 0.3 is 0 Å². The highest BCUT2D eigenvalue weighted by molar-refractivity contribution is 8.93. The fourth-order valence-corrected chi connectivity index (χ4v) is 2.54. The fraction of sp³-hybridized carbons (Fsp3) is 0.0714. The Morgan fingerprint density at radius 3 is 2.64 bits per heavy atom. The van der Waals surface area contributed by atoms with Gasteiger partial charge in [-0.15, -0.1) is 27.2 Å². The number of benzene rings is 1. The summed E-state index contributed by atoms with van der Waals surface area (Å²) in [5, 5.41) is 8.41. The van der Waals surface area contributed by atoms with E-state index >= 15 is 0 Å². The normalized spacial score (nSPS) is 10.2. The predicted octanol–water partition coefficient (Wildman–Crippen LogP) is 2.80. The van der Waals surface area contributed by atoms with Crippen molar-refractivity contribution in [2.45, 2.75) is 5.16 Å². The third-order valence-electron chi connectivity index (χ3n) is 2.83. The summed E-state index contributed by atoms with van der Waals surface area (Å²) in [7, 11) is 0. The van der Waals surface area contributed by atoms with Crippen LogP contribution in [0.1, 0.15) is 10.4 Å². The van der Waals surface area contributed by atoms with Gasteiger partial charge in [-0.25, -0.2) is 4.68 Å². The molecule has 3 rings (SSSR count). The number of halogens is 1. The Morgan fingerprint density at radius 1 is 1.18 bits per heavy atom. The molecule has 0 aliphatic heterocycles. The van der Waals surface area contributed by atoms with E-state index in [-0.39, 0.29) is 28.5 Å². The maximum atomic E-state index is 12.0. The lowest BCUT2D eigenvalue weighted by atomic mass is 10.2. The number of Topliss-reactive ketones (excluding diaryl/α,β-unsaturated/α-hetero) is 1. The zero-order chi connectivity index (χ0) is 14.7. The van der Waals surface area contributed by atoms with E-state index < -0.39 is 0 Å². The van der Waals surface area contributed by atoms with Crippen LogP contribution in [0.4, 0.5) is 0 Å². The quantitative estimate of drug-likeness (QED) is 0.416. The van der Waals surface area contributed by atoms with Gasteiger partial charge in [0.15, 0.2) is 11.5 Å². The molecular weight excluding hydrogens is 368 g/mol. The number of furan rings is 1. The van der Waals surface area contributed by atoms with Gasteiger partial charge in [0.2, 0.25) is 11.0 Å². The van der Waals surface area contributed by atoms with E-state index in [0.717, 1.165) is 0 Å². The maximum absolute atomic E-state index is 12.0. The number of carbonyl (C=O) groups excluding carboxylic acids is 1. The van der Waals surface area contributed by atoms with Crippen LogP contribution in [0.5, 0.6) is 0 Å². The average molecular weight is 381 g/mol. The number of nitrogens with zero attached hydrogens (tertiary/aromatic N) is 3. The van der Waals surface area contributed by atoms with Crippen molar-refractivity contribution in [3.05, 3.63) is 54.3 Å². The Hall–Kier alpha value is -2.06. The van der Waals surface area contributed by atoms with E-state index in [1.807, 2.05) is 18.2 Å². The Bertz CT molecular complexity index is 744. The molecule has 0 radical (unpaired) electrons. The van der Waals surface area contributed by atoms with Crippen LogP contribution in [0, 0.1) is 0 Å². The Labute approximate surface area is 141 Å². The number of carbonyl (C=O) groups is 1. The van der Waals surface area contributed by atoms with Gasteiger partial charge in [-0.2, -0.15) is 0 Å². The summed E-state index contributed by atoms with van der Waals surface area (Å²) >= 11 is 1.24. The molecule has 114 valence electrons. The monoisotopic (exact) mass is 380 g/mol. The predicted molar refractivity (Wildman–Crippen MR) is 89.7 cm³/mol. The molecule has 0 aliphatic rings. The topological polar surface area (TPSA) is 86.9 Å². The summed E-state index contributed by atoms with van der Waals surface area (Å²) in [5.41, 5.74) is 0.666. The molecule has 0 saturated carbocycles. The van der Waals surface area contributed by atoms with Crippen LogP contribution in [0.25, 0.3) is 11.6 Å². The SMILES string of the molecule is Br.Nn1c(SCC(=O)c2ccccc2)nnc1-c1ccco1. The van der Waals surface area contributed by atoms with Gasteiger partial charge in [0.1, 0.15) is 0 Å². The van der Waals surface area contributed by atoms with Crippen molar-refractivity contribution in [1.82, 2.24) is 14.9 Å². The molecule has 0 saturated heterocycles. The summed E-state index contributed by atoms with van der Waals surface area (Å²) in [5.74, 6) is 7.14. The number of nitrogens with two attached hydrogens (primary N) is 1. The van der Waals surface area contributed by atoms with Gasteiger partial charge in [-0.1, -0.05) is 42.1 Å². The van der Waals surface area contributed by atoms with E-state index in [1.165, 1.54) is 22.7 Å². The molecule has 0 spiro atoms. The van der Waals surface area contributed by atoms with Crippen molar-refractivity contribution < 1.29 is 9.21 Å². The number of ketones is 1. The molecule has 2 aromatic heterocycles. The van der Waals surface area contributed by atoms with Crippen molar-refractivity contribution in [2.24, 2.45) is 0 Å². The Morgan fingerprint density at radius 2 is 1.95 bits per heavy atom. The van der Waals surface area contributed by atoms with Crippen molar-refractivity contribution in [2.75, 3.05) is 11.6 Å². The largest absolute Gasteiger partial charge is 0.461 e. The van der Waals surface area contributed by atoms with Crippen LogP contribution in [0.15, 0.2) is 58.3 Å². The van der Waals surface area contributed by atoms with E-state index in [9.17, 15) is 4.79 Å². The molecular formula is C14H13BrN4O2S. The van der Waals surface area contributed by atoms with Gasteiger partial charge in [0.05, 0.1) is 12.0 Å². The minimum atomic E-state index is 0. The molecule has 0 bridgehead atoms. The lowest BCUT2D eigenvalue weighted by molar-refractivity contribution is 0.102. The number of nitrogen functional groups attached to an aromatic ring is 1. The summed E-state index contributed by atoms with van der Waals surface area (Å²) in [4.78, 5) is 12.0. The van der Waals surface area contributed by atoms with Gasteiger partial charge in [-0.05, 0) is 12.1 Å². The van der Waals surface area contributed by atoms with Gasteiger partial charge in [0, 0.05) is 5.56 Å². The summed E-state index contributed by atoms with van der Waals surface area (Å²) in [6, 6.07) is 12.6. The van der Waals surface area contributed by atoms with E-state index in [1.54, 1.807) is 24.3 Å². The molecule has 0 aliphatic carbocycles. The fourth-order valence-electron chi connectivity index (χ4n) is 1.79. The van der Waals surface area contributed by atoms with E-state index in [2.05, 4.69) is 10.2 Å². The second-order valence-electron chi connectivity index (χ2n) is 4.23. The first-order valence-corrected chi connectivity index (χ1v) is 7.19. The summed E-state index contributed by atoms with van der Waals surface area (Å²) < 4.78 is 6.55.